The van der Waals surface area contributed by atoms with E-state index in [1.54, 1.807) is 17.0 Å². The number of nitrogens with zero attached hydrogens (tertiary/aromatic N) is 3. The molecule has 3 rings (SSSR count). The zero-order valence-corrected chi connectivity index (χ0v) is 15.0. The van der Waals surface area contributed by atoms with Gasteiger partial charge in [-0.3, -0.25) is 19.7 Å². The van der Waals surface area contributed by atoms with Crippen molar-refractivity contribution in [3.8, 4) is 0 Å². The normalized spacial score (nSPS) is 13.9. The zero-order valence-electron chi connectivity index (χ0n) is 15.0. The molecular formula is C19H19FN4O4. The number of halogens is 1. The predicted molar refractivity (Wildman–Crippen MR) is 101 cm³/mol. The van der Waals surface area contributed by atoms with Crippen LogP contribution in [0.1, 0.15) is 10.4 Å². The third kappa shape index (κ3) is 4.61. The summed E-state index contributed by atoms with van der Waals surface area (Å²) in [5.74, 6) is -1.06. The molecule has 0 spiro atoms. The number of non-ortho nitro benzene ring substituents is 1. The standard InChI is InChI=1S/C19H19FN4O4/c20-15-4-6-16(7-5-15)22-8-10-23(11-9-22)18(25)13-21-19(26)14-2-1-3-17(12-14)24(27)28/h1-7,12H,8-11,13H2,(H,21,26). The van der Waals surface area contributed by atoms with E-state index < -0.39 is 10.8 Å². The first kappa shape index (κ1) is 19.3. The monoisotopic (exact) mass is 386 g/mol. The van der Waals surface area contributed by atoms with Gasteiger partial charge in [0, 0.05) is 49.6 Å². The van der Waals surface area contributed by atoms with Gasteiger partial charge in [0.15, 0.2) is 0 Å². The van der Waals surface area contributed by atoms with Gasteiger partial charge in [-0.1, -0.05) is 6.07 Å². The molecule has 1 fully saturated rings. The molecule has 1 aliphatic heterocycles. The first-order chi connectivity index (χ1) is 13.4. The van der Waals surface area contributed by atoms with Crippen LogP contribution in [0.2, 0.25) is 0 Å². The summed E-state index contributed by atoms with van der Waals surface area (Å²) in [6.45, 7) is 2.01. The van der Waals surface area contributed by atoms with Gasteiger partial charge in [-0.2, -0.15) is 0 Å². The second-order valence-corrected chi connectivity index (χ2v) is 6.33. The number of carbonyl (C=O) groups excluding carboxylic acids is 2. The molecule has 2 amide bonds. The first-order valence-electron chi connectivity index (χ1n) is 8.75. The van der Waals surface area contributed by atoms with E-state index in [9.17, 15) is 24.1 Å². The second-order valence-electron chi connectivity index (χ2n) is 6.33. The maximum atomic E-state index is 13.0. The number of benzene rings is 2. The third-order valence-electron chi connectivity index (χ3n) is 4.54. The van der Waals surface area contributed by atoms with Gasteiger partial charge in [0.1, 0.15) is 5.82 Å². The van der Waals surface area contributed by atoms with Crippen molar-refractivity contribution in [2.24, 2.45) is 0 Å². The molecule has 1 N–H and O–H groups in total. The summed E-state index contributed by atoms with van der Waals surface area (Å²) in [6, 6.07) is 11.5. The number of nitrogens with one attached hydrogen (secondary N) is 1. The Morgan fingerprint density at radius 1 is 1.07 bits per heavy atom. The van der Waals surface area contributed by atoms with Crippen LogP contribution in [0, 0.1) is 15.9 Å². The van der Waals surface area contributed by atoms with Crippen molar-refractivity contribution in [3.63, 3.8) is 0 Å². The largest absolute Gasteiger partial charge is 0.368 e. The molecule has 8 nitrogen and oxygen atoms in total. The minimum Gasteiger partial charge on any atom is -0.368 e. The lowest BCUT2D eigenvalue weighted by molar-refractivity contribution is -0.384. The molecule has 1 saturated heterocycles. The fourth-order valence-electron chi connectivity index (χ4n) is 3.00. The molecule has 0 bridgehead atoms. The van der Waals surface area contributed by atoms with Crippen molar-refractivity contribution >= 4 is 23.2 Å². The summed E-state index contributed by atoms with van der Waals surface area (Å²) in [5, 5.41) is 13.3. The van der Waals surface area contributed by atoms with Gasteiger partial charge in [-0.15, -0.1) is 0 Å². The molecule has 0 atom stereocenters. The first-order valence-corrected chi connectivity index (χ1v) is 8.75. The van der Waals surface area contributed by atoms with Crippen LogP contribution in [0.3, 0.4) is 0 Å². The van der Waals surface area contributed by atoms with Gasteiger partial charge in [-0.25, -0.2) is 4.39 Å². The third-order valence-corrected chi connectivity index (χ3v) is 4.54. The Balaban J connectivity index is 1.49. The molecule has 0 aromatic heterocycles. The summed E-state index contributed by atoms with van der Waals surface area (Å²) >= 11 is 0. The average Bonchev–Trinajstić information content (AvgIpc) is 2.72. The molecule has 0 radical (unpaired) electrons. The van der Waals surface area contributed by atoms with E-state index in [0.717, 1.165) is 5.69 Å². The van der Waals surface area contributed by atoms with Crippen LogP contribution in [0.5, 0.6) is 0 Å². The molecule has 0 unspecified atom stereocenters. The summed E-state index contributed by atoms with van der Waals surface area (Å²) in [4.78, 5) is 38.4. The zero-order chi connectivity index (χ0) is 20.1. The van der Waals surface area contributed by atoms with E-state index >= 15 is 0 Å². The molecule has 0 saturated carbocycles. The highest BCUT2D eigenvalue weighted by atomic mass is 19.1. The minimum absolute atomic E-state index is 0.128. The number of nitro groups is 1. The maximum Gasteiger partial charge on any atom is 0.270 e. The Morgan fingerprint density at radius 3 is 2.39 bits per heavy atom. The van der Waals surface area contributed by atoms with Crippen molar-refractivity contribution < 1.29 is 18.9 Å². The number of carbonyl (C=O) groups is 2. The van der Waals surface area contributed by atoms with E-state index in [1.165, 1.54) is 36.4 Å². The highest BCUT2D eigenvalue weighted by molar-refractivity contribution is 5.97. The van der Waals surface area contributed by atoms with Gasteiger partial charge in [0.05, 0.1) is 11.5 Å². The van der Waals surface area contributed by atoms with Gasteiger partial charge in [0.2, 0.25) is 5.91 Å². The Hall–Kier alpha value is -3.49. The summed E-state index contributed by atoms with van der Waals surface area (Å²) in [7, 11) is 0. The Morgan fingerprint density at radius 2 is 1.75 bits per heavy atom. The minimum atomic E-state index is -0.581. The van der Waals surface area contributed by atoms with E-state index in [4.69, 9.17) is 0 Å². The number of nitro benzene ring substituents is 1. The smallest absolute Gasteiger partial charge is 0.270 e. The van der Waals surface area contributed by atoms with Crippen molar-refractivity contribution in [1.82, 2.24) is 10.2 Å². The number of amides is 2. The molecule has 1 heterocycles. The Bertz CT molecular complexity index is 880. The average molecular weight is 386 g/mol. The fraction of sp³-hybridized carbons (Fsp3) is 0.263. The SMILES string of the molecule is O=C(NCC(=O)N1CCN(c2ccc(F)cc2)CC1)c1cccc([N+](=O)[O-])c1. The molecular weight excluding hydrogens is 367 g/mol. The molecule has 1 aliphatic rings. The van der Waals surface area contributed by atoms with Crippen LogP contribution >= 0.6 is 0 Å². The number of piperazine rings is 1. The van der Waals surface area contributed by atoms with E-state index in [0.29, 0.717) is 26.2 Å². The highest BCUT2D eigenvalue weighted by Crippen LogP contribution is 2.17. The number of hydrogen-bond donors (Lipinski definition) is 1. The van der Waals surface area contributed by atoms with Crippen LogP contribution in [-0.4, -0.2) is 54.4 Å². The fourth-order valence-corrected chi connectivity index (χ4v) is 3.00. The predicted octanol–water partition coefficient (Wildman–Crippen LogP) is 1.81. The van der Waals surface area contributed by atoms with Gasteiger partial charge >= 0.3 is 0 Å². The number of anilines is 1. The molecule has 2 aromatic carbocycles. The number of hydrogen-bond acceptors (Lipinski definition) is 5. The lowest BCUT2D eigenvalue weighted by Crippen LogP contribution is -2.51. The highest BCUT2D eigenvalue weighted by Gasteiger charge is 2.22. The topological polar surface area (TPSA) is 95.8 Å². The summed E-state index contributed by atoms with van der Waals surface area (Å²) in [6.07, 6.45) is 0. The van der Waals surface area contributed by atoms with Crippen molar-refractivity contribution in [1.29, 1.82) is 0 Å². The van der Waals surface area contributed by atoms with Crippen LogP contribution in [0.25, 0.3) is 0 Å². The Labute approximate surface area is 160 Å². The summed E-state index contributed by atoms with van der Waals surface area (Å²) < 4.78 is 13.0. The number of rotatable bonds is 5. The van der Waals surface area contributed by atoms with Gasteiger partial charge in [-0.05, 0) is 30.3 Å². The lowest BCUT2D eigenvalue weighted by atomic mass is 10.2. The van der Waals surface area contributed by atoms with Crippen LogP contribution in [0.15, 0.2) is 48.5 Å². The van der Waals surface area contributed by atoms with Gasteiger partial charge in [0.25, 0.3) is 11.6 Å². The van der Waals surface area contributed by atoms with E-state index in [-0.39, 0.29) is 29.5 Å². The molecule has 0 aliphatic carbocycles. The van der Waals surface area contributed by atoms with Crippen LogP contribution < -0.4 is 10.2 Å². The van der Waals surface area contributed by atoms with Crippen molar-refractivity contribution in [3.05, 3.63) is 70.0 Å². The molecule has 9 heteroatoms. The quantitative estimate of drug-likeness (QED) is 0.625. The molecule has 2 aromatic rings. The van der Waals surface area contributed by atoms with Crippen LogP contribution in [0.4, 0.5) is 15.8 Å². The van der Waals surface area contributed by atoms with Crippen molar-refractivity contribution in [2.45, 2.75) is 0 Å². The lowest BCUT2D eigenvalue weighted by Gasteiger charge is -2.36. The van der Waals surface area contributed by atoms with Crippen LogP contribution in [-0.2, 0) is 4.79 Å². The van der Waals surface area contributed by atoms with Gasteiger partial charge < -0.3 is 15.1 Å². The molecule has 28 heavy (non-hydrogen) atoms. The van der Waals surface area contributed by atoms with Crippen molar-refractivity contribution in [2.75, 3.05) is 37.6 Å². The van der Waals surface area contributed by atoms with E-state index in [1.807, 2.05) is 0 Å². The Kier molecular flexibility index (Phi) is 5.83. The molecule has 146 valence electrons. The summed E-state index contributed by atoms with van der Waals surface area (Å²) in [5.41, 5.74) is 0.839. The second kappa shape index (κ2) is 8.47. The van der Waals surface area contributed by atoms with E-state index in [2.05, 4.69) is 10.2 Å². The maximum absolute atomic E-state index is 13.0.